The second kappa shape index (κ2) is 7.27. The van der Waals surface area contributed by atoms with Crippen molar-refractivity contribution in [3.05, 3.63) is 64.4 Å². The third-order valence-electron chi connectivity index (χ3n) is 6.00. The van der Waals surface area contributed by atoms with E-state index < -0.39 is 22.3 Å². The lowest BCUT2D eigenvalue weighted by Gasteiger charge is -2.51. The summed E-state index contributed by atoms with van der Waals surface area (Å²) in [4.78, 5) is 14.8. The number of aliphatic hydroxyl groups is 1. The zero-order valence-corrected chi connectivity index (χ0v) is 18.6. The smallest absolute Gasteiger partial charge is 0.145 e. The molecule has 0 fully saturated rings. The molecule has 3 heteroatoms. The maximum atomic E-state index is 13.7. The number of ketones is 1. The van der Waals surface area contributed by atoms with Crippen LogP contribution in [0, 0.1) is 16.7 Å². The number of benzene rings is 1. The maximum Gasteiger partial charge on any atom is 0.145 e. The number of carbonyl (C=O) groups excluding carboxylic acids is 1. The third-order valence-corrected chi connectivity index (χ3v) is 6.94. The van der Waals surface area contributed by atoms with Crippen LogP contribution in [-0.4, -0.2) is 16.5 Å². The van der Waals surface area contributed by atoms with Gasteiger partial charge in [0.1, 0.15) is 5.78 Å². The summed E-state index contributed by atoms with van der Waals surface area (Å²) >= 11 is 1.69. The Labute approximate surface area is 173 Å². The fourth-order valence-electron chi connectivity index (χ4n) is 4.25. The summed E-state index contributed by atoms with van der Waals surface area (Å²) in [7, 11) is 0. The average molecular weight is 397 g/mol. The highest BCUT2D eigenvalue weighted by Gasteiger charge is 2.55. The topological polar surface area (TPSA) is 37.3 Å². The lowest BCUT2D eigenvalue weighted by molar-refractivity contribution is -0.147. The molecule has 1 aromatic carbocycles. The predicted octanol–water partition coefficient (Wildman–Crippen LogP) is 6.33. The second-order valence-corrected chi connectivity index (χ2v) is 11.0. The zero-order chi connectivity index (χ0) is 20.7. The molecule has 0 bridgehead atoms. The first-order valence-electron chi connectivity index (χ1n) is 10.0. The Hall–Kier alpha value is -1.71. The molecule has 150 valence electrons. The van der Waals surface area contributed by atoms with E-state index in [1.165, 1.54) is 4.88 Å². The van der Waals surface area contributed by atoms with Crippen LogP contribution in [0.3, 0.4) is 0 Å². The van der Waals surface area contributed by atoms with Crippen LogP contribution >= 0.6 is 11.3 Å². The first-order chi connectivity index (χ1) is 12.9. The third kappa shape index (κ3) is 3.75. The maximum absolute atomic E-state index is 13.7. The molecule has 3 rings (SSSR count). The SMILES string of the molecule is CC(C)(C)C(=O)C1C(c2ccccc2)CC(c2cccs2)=CC1(O)C(C)(C)C. The molecular weight excluding hydrogens is 364 g/mol. The Morgan fingerprint density at radius 3 is 2.18 bits per heavy atom. The minimum absolute atomic E-state index is 0.0563. The van der Waals surface area contributed by atoms with Crippen molar-refractivity contribution < 1.29 is 9.90 Å². The van der Waals surface area contributed by atoms with Crippen LogP contribution in [0.4, 0.5) is 0 Å². The van der Waals surface area contributed by atoms with Gasteiger partial charge in [0.05, 0.1) is 11.5 Å². The number of rotatable bonds is 3. The van der Waals surface area contributed by atoms with E-state index in [1.54, 1.807) is 11.3 Å². The van der Waals surface area contributed by atoms with E-state index in [2.05, 4.69) is 23.6 Å². The number of hydrogen-bond acceptors (Lipinski definition) is 3. The van der Waals surface area contributed by atoms with Crippen LogP contribution in [0.1, 0.15) is 64.3 Å². The molecule has 0 saturated heterocycles. The van der Waals surface area contributed by atoms with Crippen molar-refractivity contribution in [2.24, 2.45) is 16.7 Å². The standard InChI is InChI=1S/C25H32O2S/c1-23(2,3)22(26)21-19(17-11-8-7-9-12-17)15-18(20-13-10-14-28-20)16-25(21,27)24(4,5)6/h7-14,16,19,21,27H,15H2,1-6H3. The van der Waals surface area contributed by atoms with E-state index in [-0.39, 0.29) is 11.7 Å². The summed E-state index contributed by atoms with van der Waals surface area (Å²) in [5.41, 5.74) is 0.0315. The minimum atomic E-state index is -1.23. The van der Waals surface area contributed by atoms with Gasteiger partial charge in [0.2, 0.25) is 0 Å². The van der Waals surface area contributed by atoms with Gasteiger partial charge in [-0.1, -0.05) is 77.9 Å². The summed E-state index contributed by atoms with van der Waals surface area (Å²) in [5.74, 6) is -0.418. The molecule has 1 aliphatic carbocycles. The van der Waals surface area contributed by atoms with Crippen LogP contribution in [0.15, 0.2) is 53.9 Å². The van der Waals surface area contributed by atoms with Gasteiger partial charge in [-0.25, -0.2) is 0 Å². The monoisotopic (exact) mass is 396 g/mol. The van der Waals surface area contributed by atoms with Gasteiger partial charge in [0, 0.05) is 16.2 Å². The Morgan fingerprint density at radius 1 is 1.04 bits per heavy atom. The molecule has 2 aromatic rings. The highest BCUT2D eigenvalue weighted by Crippen LogP contribution is 2.54. The highest BCUT2D eigenvalue weighted by molar-refractivity contribution is 7.11. The van der Waals surface area contributed by atoms with Crippen LogP contribution in [0.5, 0.6) is 0 Å². The van der Waals surface area contributed by atoms with Crippen molar-refractivity contribution in [3.8, 4) is 0 Å². The van der Waals surface area contributed by atoms with Crippen LogP contribution in [0.2, 0.25) is 0 Å². The number of carbonyl (C=O) groups is 1. The summed E-state index contributed by atoms with van der Waals surface area (Å²) in [6.45, 7) is 12.0. The average Bonchev–Trinajstić information content (AvgIpc) is 3.14. The molecule has 1 heterocycles. The van der Waals surface area contributed by atoms with Gasteiger partial charge >= 0.3 is 0 Å². The van der Waals surface area contributed by atoms with Gasteiger partial charge in [-0.2, -0.15) is 0 Å². The largest absolute Gasteiger partial charge is 0.384 e. The molecule has 28 heavy (non-hydrogen) atoms. The van der Waals surface area contributed by atoms with Crippen molar-refractivity contribution >= 4 is 22.7 Å². The van der Waals surface area contributed by atoms with E-state index in [4.69, 9.17) is 0 Å². The highest BCUT2D eigenvalue weighted by atomic mass is 32.1. The molecule has 0 aliphatic heterocycles. The quantitative estimate of drug-likeness (QED) is 0.658. The molecule has 3 unspecified atom stereocenters. The van der Waals surface area contributed by atoms with Crippen LogP contribution in [0.25, 0.3) is 5.57 Å². The normalized spacial score (nSPS) is 26.0. The van der Waals surface area contributed by atoms with Gasteiger partial charge in [-0.05, 0) is 40.5 Å². The van der Waals surface area contributed by atoms with Crippen LogP contribution < -0.4 is 0 Å². The number of hydrogen-bond donors (Lipinski definition) is 1. The minimum Gasteiger partial charge on any atom is -0.384 e. The van der Waals surface area contributed by atoms with Crippen molar-refractivity contribution in [1.82, 2.24) is 0 Å². The van der Waals surface area contributed by atoms with Crippen molar-refractivity contribution in [3.63, 3.8) is 0 Å². The molecular formula is C25H32O2S. The lowest BCUT2D eigenvalue weighted by atomic mass is 9.55. The Bertz CT molecular complexity index is 850. The predicted molar refractivity (Wildman–Crippen MR) is 118 cm³/mol. The van der Waals surface area contributed by atoms with Crippen LogP contribution in [-0.2, 0) is 4.79 Å². The molecule has 0 amide bonds. The van der Waals surface area contributed by atoms with Gasteiger partial charge < -0.3 is 5.11 Å². The first kappa shape index (κ1) is 21.0. The fraction of sp³-hybridized carbons (Fsp3) is 0.480. The number of allylic oxidation sites excluding steroid dienone is 1. The summed E-state index contributed by atoms with van der Waals surface area (Å²) in [6, 6.07) is 14.4. The van der Waals surface area contributed by atoms with E-state index in [0.717, 1.165) is 17.6 Å². The van der Waals surface area contributed by atoms with Crippen molar-refractivity contribution in [2.75, 3.05) is 0 Å². The first-order valence-corrected chi connectivity index (χ1v) is 10.9. The van der Waals surface area contributed by atoms with E-state index in [1.807, 2.05) is 71.9 Å². The van der Waals surface area contributed by atoms with Gasteiger partial charge in [0.15, 0.2) is 0 Å². The van der Waals surface area contributed by atoms with E-state index in [9.17, 15) is 9.90 Å². The van der Waals surface area contributed by atoms with E-state index >= 15 is 0 Å². The number of Topliss-reactive ketones (excluding diaryl/α,β-unsaturated/α-hetero) is 1. The van der Waals surface area contributed by atoms with Crippen molar-refractivity contribution in [1.29, 1.82) is 0 Å². The van der Waals surface area contributed by atoms with Gasteiger partial charge in [-0.3, -0.25) is 4.79 Å². The fourth-order valence-corrected chi connectivity index (χ4v) is 5.01. The lowest BCUT2D eigenvalue weighted by Crippen LogP contribution is -2.56. The summed E-state index contributed by atoms with van der Waals surface area (Å²) in [5, 5.41) is 14.2. The molecule has 1 aromatic heterocycles. The Morgan fingerprint density at radius 2 is 1.68 bits per heavy atom. The molecule has 1 N–H and O–H groups in total. The molecule has 0 spiro atoms. The molecule has 0 radical (unpaired) electrons. The summed E-state index contributed by atoms with van der Waals surface area (Å²) in [6.07, 6.45) is 2.75. The molecule has 0 saturated carbocycles. The Balaban J connectivity index is 2.25. The van der Waals surface area contributed by atoms with Gasteiger partial charge in [-0.15, -0.1) is 11.3 Å². The molecule has 2 nitrogen and oxygen atoms in total. The van der Waals surface area contributed by atoms with E-state index in [0.29, 0.717) is 0 Å². The molecule has 3 atom stereocenters. The number of thiophene rings is 1. The van der Waals surface area contributed by atoms with Crippen molar-refractivity contribution in [2.45, 2.75) is 59.5 Å². The van der Waals surface area contributed by atoms with Gasteiger partial charge in [0.25, 0.3) is 0 Å². The summed E-state index contributed by atoms with van der Waals surface area (Å²) < 4.78 is 0. The second-order valence-electron chi connectivity index (χ2n) is 10.0. The Kier molecular flexibility index (Phi) is 5.46. The molecule has 1 aliphatic rings. The zero-order valence-electron chi connectivity index (χ0n) is 17.8.